The molecule has 0 saturated carbocycles. The molecule has 1 atom stereocenters. The molecule has 19 heavy (non-hydrogen) atoms. The fraction of sp³-hybridized carbons (Fsp3) is 0.923. The molecule has 1 unspecified atom stereocenters. The van der Waals surface area contributed by atoms with Gasteiger partial charge in [-0.3, -0.25) is 4.90 Å². The molecule has 2 saturated heterocycles. The average Bonchev–Trinajstić information content (AvgIpc) is 2.93. The normalized spacial score (nSPS) is 24.3. The van der Waals surface area contributed by atoms with Crippen LogP contribution in [0.15, 0.2) is 0 Å². The zero-order valence-electron chi connectivity index (χ0n) is 11.5. The standard InChI is InChI=1S/C13H25N3O2S/c19-13(14-4-3-12-2-1-9-18-12)15-5-6-16-7-10-17-11-8-16/h12H,1-11H2,(H2,14,15,19). The van der Waals surface area contributed by atoms with Crippen molar-refractivity contribution < 1.29 is 9.47 Å². The van der Waals surface area contributed by atoms with Gasteiger partial charge in [-0.05, 0) is 31.5 Å². The van der Waals surface area contributed by atoms with E-state index in [0.717, 1.165) is 64.1 Å². The van der Waals surface area contributed by atoms with Crippen molar-refractivity contribution in [3.63, 3.8) is 0 Å². The van der Waals surface area contributed by atoms with Gasteiger partial charge in [-0.15, -0.1) is 0 Å². The number of morpholine rings is 1. The van der Waals surface area contributed by atoms with Gasteiger partial charge in [-0.2, -0.15) is 0 Å². The van der Waals surface area contributed by atoms with Crippen LogP contribution < -0.4 is 10.6 Å². The summed E-state index contributed by atoms with van der Waals surface area (Å²) in [5.74, 6) is 0. The van der Waals surface area contributed by atoms with E-state index < -0.39 is 0 Å². The lowest BCUT2D eigenvalue weighted by Gasteiger charge is -2.26. The molecular weight excluding hydrogens is 262 g/mol. The summed E-state index contributed by atoms with van der Waals surface area (Å²) in [5, 5.41) is 7.25. The van der Waals surface area contributed by atoms with Crippen LogP contribution in [0, 0.1) is 0 Å². The summed E-state index contributed by atoms with van der Waals surface area (Å²) < 4.78 is 10.9. The van der Waals surface area contributed by atoms with E-state index in [9.17, 15) is 0 Å². The Morgan fingerprint density at radius 2 is 1.95 bits per heavy atom. The summed E-state index contributed by atoms with van der Waals surface area (Å²) in [7, 11) is 0. The molecule has 0 bridgehead atoms. The number of hydrogen-bond donors (Lipinski definition) is 2. The number of nitrogens with one attached hydrogen (secondary N) is 2. The summed E-state index contributed by atoms with van der Waals surface area (Å²) in [6.45, 7) is 7.50. The number of hydrogen-bond acceptors (Lipinski definition) is 4. The van der Waals surface area contributed by atoms with Crippen LogP contribution in [0.25, 0.3) is 0 Å². The predicted octanol–water partition coefficient (Wildman–Crippen LogP) is 0.352. The van der Waals surface area contributed by atoms with Crippen molar-refractivity contribution in [2.75, 3.05) is 52.5 Å². The van der Waals surface area contributed by atoms with Crippen molar-refractivity contribution in [3.8, 4) is 0 Å². The minimum Gasteiger partial charge on any atom is -0.379 e. The fourth-order valence-electron chi connectivity index (χ4n) is 2.43. The van der Waals surface area contributed by atoms with Crippen LogP contribution in [-0.2, 0) is 9.47 Å². The lowest BCUT2D eigenvalue weighted by Crippen LogP contribution is -2.44. The van der Waals surface area contributed by atoms with Crippen molar-refractivity contribution in [2.24, 2.45) is 0 Å². The zero-order chi connectivity index (χ0) is 13.3. The molecule has 6 heteroatoms. The molecule has 2 heterocycles. The van der Waals surface area contributed by atoms with Gasteiger partial charge in [0.2, 0.25) is 0 Å². The summed E-state index contributed by atoms with van der Waals surface area (Å²) in [4.78, 5) is 2.39. The Hall–Kier alpha value is -0.430. The summed E-state index contributed by atoms with van der Waals surface area (Å²) in [5.41, 5.74) is 0. The highest BCUT2D eigenvalue weighted by molar-refractivity contribution is 7.80. The maximum Gasteiger partial charge on any atom is 0.166 e. The molecule has 5 nitrogen and oxygen atoms in total. The molecule has 0 aromatic heterocycles. The van der Waals surface area contributed by atoms with Gasteiger partial charge in [0, 0.05) is 39.3 Å². The third-order valence-electron chi connectivity index (χ3n) is 3.59. The summed E-state index contributed by atoms with van der Waals surface area (Å²) in [6, 6.07) is 0. The fourth-order valence-corrected chi connectivity index (χ4v) is 2.64. The first-order valence-corrected chi connectivity index (χ1v) is 7.69. The summed E-state index contributed by atoms with van der Waals surface area (Å²) in [6.07, 6.45) is 3.88. The largest absolute Gasteiger partial charge is 0.379 e. The van der Waals surface area contributed by atoms with E-state index >= 15 is 0 Å². The molecule has 2 rings (SSSR count). The smallest absolute Gasteiger partial charge is 0.166 e. The summed E-state index contributed by atoms with van der Waals surface area (Å²) >= 11 is 5.25. The Labute approximate surface area is 121 Å². The second-order valence-electron chi connectivity index (χ2n) is 5.06. The van der Waals surface area contributed by atoms with Crippen LogP contribution in [0.5, 0.6) is 0 Å². The lowest BCUT2D eigenvalue weighted by molar-refractivity contribution is 0.0389. The van der Waals surface area contributed by atoms with Gasteiger partial charge >= 0.3 is 0 Å². The second kappa shape index (κ2) is 8.68. The van der Waals surface area contributed by atoms with Crippen molar-refractivity contribution >= 4 is 17.3 Å². The highest BCUT2D eigenvalue weighted by Gasteiger charge is 2.14. The quantitative estimate of drug-likeness (QED) is 0.688. The van der Waals surface area contributed by atoms with E-state index in [1.807, 2.05) is 0 Å². The van der Waals surface area contributed by atoms with Gasteiger partial charge in [-0.1, -0.05) is 0 Å². The van der Waals surface area contributed by atoms with Gasteiger partial charge < -0.3 is 20.1 Å². The Kier molecular flexibility index (Phi) is 6.84. The molecule has 2 aliphatic rings. The molecule has 0 aliphatic carbocycles. The van der Waals surface area contributed by atoms with Crippen LogP contribution in [0.3, 0.4) is 0 Å². The molecule has 0 spiro atoms. The van der Waals surface area contributed by atoms with Crippen LogP contribution in [0.2, 0.25) is 0 Å². The third kappa shape index (κ3) is 6.03. The van der Waals surface area contributed by atoms with Crippen molar-refractivity contribution in [1.29, 1.82) is 0 Å². The molecule has 0 aromatic rings. The zero-order valence-corrected chi connectivity index (χ0v) is 12.3. The van der Waals surface area contributed by atoms with E-state index in [1.54, 1.807) is 0 Å². The Morgan fingerprint density at radius 1 is 1.16 bits per heavy atom. The maximum atomic E-state index is 5.57. The van der Waals surface area contributed by atoms with E-state index in [1.165, 1.54) is 12.8 Å². The third-order valence-corrected chi connectivity index (χ3v) is 3.88. The van der Waals surface area contributed by atoms with Crippen molar-refractivity contribution in [2.45, 2.75) is 25.4 Å². The van der Waals surface area contributed by atoms with Crippen LogP contribution in [0.1, 0.15) is 19.3 Å². The van der Waals surface area contributed by atoms with Gasteiger partial charge in [0.25, 0.3) is 0 Å². The van der Waals surface area contributed by atoms with E-state index in [4.69, 9.17) is 21.7 Å². The van der Waals surface area contributed by atoms with Gasteiger partial charge in [0.1, 0.15) is 0 Å². The van der Waals surface area contributed by atoms with Crippen LogP contribution in [-0.4, -0.2) is 68.7 Å². The molecule has 110 valence electrons. The van der Waals surface area contributed by atoms with Crippen molar-refractivity contribution in [1.82, 2.24) is 15.5 Å². The topological polar surface area (TPSA) is 45.8 Å². The second-order valence-corrected chi connectivity index (χ2v) is 5.47. The number of nitrogens with zero attached hydrogens (tertiary/aromatic N) is 1. The van der Waals surface area contributed by atoms with Crippen LogP contribution >= 0.6 is 12.2 Å². The predicted molar refractivity (Wildman–Crippen MR) is 79.5 cm³/mol. The van der Waals surface area contributed by atoms with E-state index in [2.05, 4.69) is 15.5 Å². The Morgan fingerprint density at radius 3 is 2.68 bits per heavy atom. The Balaban J connectivity index is 1.44. The van der Waals surface area contributed by atoms with Gasteiger partial charge in [-0.25, -0.2) is 0 Å². The number of thiocarbonyl (C=S) groups is 1. The van der Waals surface area contributed by atoms with Crippen LogP contribution in [0.4, 0.5) is 0 Å². The Bertz CT molecular complexity index is 267. The molecule has 2 N–H and O–H groups in total. The molecule has 2 fully saturated rings. The minimum atomic E-state index is 0.434. The minimum absolute atomic E-state index is 0.434. The highest BCUT2D eigenvalue weighted by atomic mass is 32.1. The lowest BCUT2D eigenvalue weighted by atomic mass is 10.2. The van der Waals surface area contributed by atoms with Crippen molar-refractivity contribution in [3.05, 3.63) is 0 Å². The monoisotopic (exact) mass is 287 g/mol. The maximum absolute atomic E-state index is 5.57. The SMILES string of the molecule is S=C(NCCC1CCCO1)NCCN1CCOCC1. The molecule has 0 aromatic carbocycles. The van der Waals surface area contributed by atoms with Gasteiger partial charge in [0.05, 0.1) is 19.3 Å². The molecule has 2 aliphatic heterocycles. The molecule has 0 amide bonds. The number of ether oxygens (including phenoxy) is 2. The average molecular weight is 287 g/mol. The highest BCUT2D eigenvalue weighted by Crippen LogP contribution is 2.14. The first-order valence-electron chi connectivity index (χ1n) is 7.28. The van der Waals surface area contributed by atoms with E-state index in [-0.39, 0.29) is 0 Å². The molecule has 0 radical (unpaired) electrons. The first-order chi connectivity index (χ1) is 9.34. The first kappa shape index (κ1) is 15.0. The van der Waals surface area contributed by atoms with E-state index in [0.29, 0.717) is 6.10 Å². The number of rotatable bonds is 6. The van der Waals surface area contributed by atoms with Gasteiger partial charge in [0.15, 0.2) is 5.11 Å². The molecular formula is C13H25N3O2S.